The minimum atomic E-state index is 0.183. The first-order valence-corrected chi connectivity index (χ1v) is 7.67. The zero-order valence-electron chi connectivity index (χ0n) is 11.8. The summed E-state index contributed by atoms with van der Waals surface area (Å²) < 4.78 is 2.36. The quantitative estimate of drug-likeness (QED) is 0.914. The number of fused-ring (bicyclic) bond motifs is 1. The lowest BCUT2D eigenvalue weighted by atomic mass is 9.74. The van der Waals surface area contributed by atoms with Crippen LogP contribution in [0.5, 0.6) is 0 Å². The van der Waals surface area contributed by atoms with Gasteiger partial charge >= 0.3 is 0 Å². The Bertz CT molecular complexity index is 594. The van der Waals surface area contributed by atoms with E-state index in [-0.39, 0.29) is 6.04 Å². The van der Waals surface area contributed by atoms with Crippen LogP contribution in [0.2, 0.25) is 0 Å². The largest absolute Gasteiger partial charge is 0.346 e. The van der Waals surface area contributed by atoms with Crippen LogP contribution < -0.4 is 5.73 Å². The predicted molar refractivity (Wildman–Crippen MR) is 79.4 cm³/mol. The van der Waals surface area contributed by atoms with Gasteiger partial charge in [0.25, 0.3) is 0 Å². The fourth-order valence-corrected chi connectivity index (χ4v) is 3.85. The number of hydrogen-bond donors (Lipinski definition) is 1. The summed E-state index contributed by atoms with van der Waals surface area (Å²) in [4.78, 5) is 5.68. The molecule has 102 valence electrons. The first-order chi connectivity index (χ1) is 8.96. The van der Waals surface area contributed by atoms with Gasteiger partial charge in [0.15, 0.2) is 0 Å². The van der Waals surface area contributed by atoms with Crippen molar-refractivity contribution in [1.82, 2.24) is 9.55 Å². The highest BCUT2D eigenvalue weighted by molar-refractivity contribution is 7.09. The van der Waals surface area contributed by atoms with Crippen molar-refractivity contribution >= 4 is 11.3 Å². The van der Waals surface area contributed by atoms with Crippen molar-refractivity contribution in [2.24, 2.45) is 11.1 Å². The molecule has 3 nitrogen and oxygen atoms in total. The van der Waals surface area contributed by atoms with Gasteiger partial charge in [-0.3, -0.25) is 0 Å². The first kappa shape index (κ1) is 12.9. The van der Waals surface area contributed by atoms with Gasteiger partial charge in [-0.2, -0.15) is 0 Å². The molecule has 0 amide bonds. The molecule has 0 aromatic carbocycles. The van der Waals surface area contributed by atoms with Crippen molar-refractivity contribution in [3.8, 4) is 0 Å². The zero-order chi connectivity index (χ0) is 13.6. The molecule has 2 aromatic rings. The molecule has 0 bridgehead atoms. The molecule has 19 heavy (non-hydrogen) atoms. The predicted octanol–water partition coefficient (Wildman–Crippen LogP) is 3.27. The van der Waals surface area contributed by atoms with E-state index in [9.17, 15) is 0 Å². The highest BCUT2D eigenvalue weighted by atomic mass is 32.1. The summed E-state index contributed by atoms with van der Waals surface area (Å²) in [5.41, 5.74) is 12.4. The Morgan fingerprint density at radius 3 is 3.00 bits per heavy atom. The van der Waals surface area contributed by atoms with Gasteiger partial charge in [0.05, 0.1) is 17.7 Å². The molecular weight excluding hydrogens is 254 g/mol. The second kappa shape index (κ2) is 4.46. The summed E-state index contributed by atoms with van der Waals surface area (Å²) in [5.74, 6) is 0. The molecule has 0 fully saturated rings. The van der Waals surface area contributed by atoms with E-state index in [4.69, 9.17) is 5.73 Å². The highest BCUT2D eigenvalue weighted by Crippen LogP contribution is 2.40. The van der Waals surface area contributed by atoms with Gasteiger partial charge in [0, 0.05) is 22.8 Å². The van der Waals surface area contributed by atoms with E-state index < -0.39 is 0 Å². The number of nitrogens with zero attached hydrogens (tertiary/aromatic N) is 2. The van der Waals surface area contributed by atoms with Gasteiger partial charge in [-0.1, -0.05) is 13.8 Å². The van der Waals surface area contributed by atoms with E-state index in [1.165, 1.54) is 16.1 Å². The molecule has 0 saturated heterocycles. The van der Waals surface area contributed by atoms with Gasteiger partial charge in [-0.15, -0.1) is 11.3 Å². The monoisotopic (exact) mass is 275 g/mol. The van der Waals surface area contributed by atoms with Crippen LogP contribution in [0.25, 0.3) is 0 Å². The minimum absolute atomic E-state index is 0.183. The fraction of sp³-hybridized carbons (Fsp3) is 0.533. The average Bonchev–Trinajstić information content (AvgIpc) is 2.87. The lowest BCUT2D eigenvalue weighted by Gasteiger charge is -2.34. The van der Waals surface area contributed by atoms with Gasteiger partial charge < -0.3 is 10.3 Å². The van der Waals surface area contributed by atoms with Gasteiger partial charge in [0.2, 0.25) is 0 Å². The molecule has 0 saturated carbocycles. The third kappa shape index (κ3) is 2.35. The average molecular weight is 275 g/mol. The second-order valence-electron chi connectivity index (χ2n) is 6.36. The van der Waals surface area contributed by atoms with Crippen molar-refractivity contribution in [2.75, 3.05) is 0 Å². The summed E-state index contributed by atoms with van der Waals surface area (Å²) in [6.07, 6.45) is 4.37. The Balaban J connectivity index is 1.95. The molecule has 2 N–H and O–H groups in total. The highest BCUT2D eigenvalue weighted by Gasteiger charge is 2.32. The van der Waals surface area contributed by atoms with Gasteiger partial charge in [-0.05, 0) is 36.8 Å². The van der Waals surface area contributed by atoms with Crippen LogP contribution >= 0.6 is 11.3 Å². The molecule has 3 rings (SSSR count). The third-order valence-electron chi connectivity index (χ3n) is 4.09. The van der Waals surface area contributed by atoms with Gasteiger partial charge in [-0.25, -0.2) is 4.98 Å². The van der Waals surface area contributed by atoms with E-state index in [1.54, 1.807) is 11.3 Å². The molecule has 2 aromatic heterocycles. The zero-order valence-corrected chi connectivity index (χ0v) is 12.6. The Kier molecular flexibility index (Phi) is 3.02. The summed E-state index contributed by atoms with van der Waals surface area (Å²) in [7, 11) is 0. The Morgan fingerprint density at radius 2 is 2.32 bits per heavy atom. The molecule has 1 atom stereocenters. The number of rotatable bonds is 2. The molecule has 1 aliphatic carbocycles. The first-order valence-electron chi connectivity index (χ1n) is 6.79. The van der Waals surface area contributed by atoms with Gasteiger partial charge in [0.1, 0.15) is 0 Å². The molecule has 1 aliphatic rings. The van der Waals surface area contributed by atoms with E-state index >= 15 is 0 Å². The molecule has 0 spiro atoms. The van der Waals surface area contributed by atoms with Crippen LogP contribution in [-0.4, -0.2) is 9.55 Å². The van der Waals surface area contributed by atoms with Crippen molar-refractivity contribution in [3.05, 3.63) is 39.6 Å². The van der Waals surface area contributed by atoms with Crippen molar-refractivity contribution in [1.29, 1.82) is 0 Å². The summed E-state index contributed by atoms with van der Waals surface area (Å²) in [5, 5.41) is 0. The lowest BCUT2D eigenvalue weighted by Crippen LogP contribution is -2.30. The minimum Gasteiger partial charge on any atom is -0.346 e. The summed E-state index contributed by atoms with van der Waals surface area (Å²) in [6.45, 7) is 7.63. The number of aryl methyl sites for hydroxylation is 1. The number of aromatic nitrogens is 2. The lowest BCUT2D eigenvalue weighted by molar-refractivity contribution is 0.276. The van der Waals surface area contributed by atoms with Crippen molar-refractivity contribution in [2.45, 2.75) is 46.2 Å². The van der Waals surface area contributed by atoms with Crippen molar-refractivity contribution < 1.29 is 0 Å². The van der Waals surface area contributed by atoms with Crippen LogP contribution in [0, 0.1) is 12.3 Å². The second-order valence-corrected chi connectivity index (χ2v) is 7.30. The van der Waals surface area contributed by atoms with E-state index in [0.717, 1.165) is 25.1 Å². The summed E-state index contributed by atoms with van der Waals surface area (Å²) >= 11 is 1.74. The smallest absolute Gasteiger partial charge is 0.0798 e. The molecule has 0 radical (unpaired) electrons. The van der Waals surface area contributed by atoms with Crippen LogP contribution in [-0.2, 0) is 13.0 Å². The molecular formula is C15H21N3S. The SMILES string of the molecule is Cc1ncsc1Cn1ccc2c1CC(C)(C)CC2N. The van der Waals surface area contributed by atoms with Crippen molar-refractivity contribution in [3.63, 3.8) is 0 Å². The maximum atomic E-state index is 6.32. The number of nitrogens with two attached hydrogens (primary N) is 1. The van der Waals surface area contributed by atoms with E-state index in [2.05, 4.69) is 42.6 Å². The third-order valence-corrected chi connectivity index (χ3v) is 5.01. The fourth-order valence-electron chi connectivity index (χ4n) is 3.08. The Hall–Kier alpha value is -1.13. The maximum Gasteiger partial charge on any atom is 0.0798 e. The number of hydrogen-bond acceptors (Lipinski definition) is 3. The topological polar surface area (TPSA) is 43.8 Å². The molecule has 0 aliphatic heterocycles. The Labute approximate surface area is 118 Å². The Morgan fingerprint density at radius 1 is 1.53 bits per heavy atom. The standard InChI is InChI=1S/C15H21N3S/c1-10-14(19-9-17-10)8-18-5-4-11-12(16)6-15(2,3)7-13(11)18/h4-5,9,12H,6-8,16H2,1-3H3. The van der Waals surface area contributed by atoms with E-state index in [1.807, 2.05) is 5.51 Å². The number of thiazole rings is 1. The summed E-state index contributed by atoms with van der Waals surface area (Å²) in [6, 6.07) is 2.38. The molecule has 1 unspecified atom stereocenters. The van der Waals surface area contributed by atoms with E-state index in [0.29, 0.717) is 5.41 Å². The molecule has 4 heteroatoms. The van der Waals surface area contributed by atoms with Crippen LogP contribution in [0.3, 0.4) is 0 Å². The maximum absolute atomic E-state index is 6.32. The van der Waals surface area contributed by atoms with Crippen LogP contribution in [0.4, 0.5) is 0 Å². The normalized spacial score (nSPS) is 21.4. The van der Waals surface area contributed by atoms with Crippen LogP contribution in [0.15, 0.2) is 17.8 Å². The molecule has 2 heterocycles. The van der Waals surface area contributed by atoms with Crippen LogP contribution in [0.1, 0.15) is 48.1 Å².